The fourth-order valence-electron chi connectivity index (χ4n) is 2.19. The maximum absolute atomic E-state index is 6.53. The molecule has 0 saturated heterocycles. The summed E-state index contributed by atoms with van der Waals surface area (Å²) in [5.41, 5.74) is 13.4. The lowest BCUT2D eigenvalue weighted by Crippen LogP contribution is -2.57. The smallest absolute Gasteiger partial charge is 0.0603 e. The molecule has 0 radical (unpaired) electrons. The highest BCUT2D eigenvalue weighted by atomic mass is 35.5. The van der Waals surface area contributed by atoms with E-state index in [1.807, 2.05) is 62.4 Å². The highest BCUT2D eigenvalue weighted by Crippen LogP contribution is 2.36. The van der Waals surface area contributed by atoms with Crippen molar-refractivity contribution in [2.75, 3.05) is 0 Å². The van der Waals surface area contributed by atoms with Crippen molar-refractivity contribution in [3.05, 3.63) is 69.7 Å². The Hall–Kier alpha value is -1.06. The van der Waals surface area contributed by atoms with Crippen LogP contribution in [0.15, 0.2) is 48.5 Å². The first-order chi connectivity index (χ1) is 9.25. The average molecular weight is 309 g/mol. The molecule has 0 fully saturated rings. The van der Waals surface area contributed by atoms with Crippen molar-refractivity contribution in [2.45, 2.75) is 24.9 Å². The SMILES string of the molecule is C[C@](N)(c1ccc(Cl)cc1)[C@](C)(N)c1ccc(Cl)cc1. The molecule has 4 N–H and O–H groups in total. The molecule has 2 aromatic carbocycles. The van der Waals surface area contributed by atoms with Gasteiger partial charge >= 0.3 is 0 Å². The predicted molar refractivity (Wildman–Crippen MR) is 86.0 cm³/mol. The molecular formula is C16H18Cl2N2. The highest BCUT2D eigenvalue weighted by Gasteiger charge is 2.41. The van der Waals surface area contributed by atoms with Crippen molar-refractivity contribution in [1.82, 2.24) is 0 Å². The molecule has 0 amide bonds. The third kappa shape index (κ3) is 2.70. The van der Waals surface area contributed by atoms with Crippen molar-refractivity contribution >= 4 is 23.2 Å². The molecule has 0 unspecified atom stereocenters. The second-order valence-corrected chi connectivity index (χ2v) is 6.29. The van der Waals surface area contributed by atoms with Crippen LogP contribution in [-0.4, -0.2) is 0 Å². The van der Waals surface area contributed by atoms with Crippen LogP contribution in [0.3, 0.4) is 0 Å². The second-order valence-electron chi connectivity index (χ2n) is 5.42. The fraction of sp³-hybridized carbons (Fsp3) is 0.250. The van der Waals surface area contributed by atoms with Crippen molar-refractivity contribution in [2.24, 2.45) is 11.5 Å². The quantitative estimate of drug-likeness (QED) is 0.899. The van der Waals surface area contributed by atoms with Gasteiger partial charge in [0.15, 0.2) is 0 Å². The van der Waals surface area contributed by atoms with Gasteiger partial charge in [0.2, 0.25) is 0 Å². The second kappa shape index (κ2) is 5.38. The molecule has 2 aromatic rings. The Balaban J connectivity index is 2.45. The maximum atomic E-state index is 6.53. The van der Waals surface area contributed by atoms with Gasteiger partial charge in [0.25, 0.3) is 0 Å². The van der Waals surface area contributed by atoms with Gasteiger partial charge in [-0.05, 0) is 49.2 Å². The van der Waals surface area contributed by atoms with Gasteiger partial charge in [-0.15, -0.1) is 0 Å². The molecule has 0 saturated carbocycles. The molecule has 0 aliphatic heterocycles. The monoisotopic (exact) mass is 308 g/mol. The van der Waals surface area contributed by atoms with Crippen LogP contribution < -0.4 is 11.5 Å². The van der Waals surface area contributed by atoms with Crippen LogP contribution in [0.25, 0.3) is 0 Å². The van der Waals surface area contributed by atoms with Crippen molar-refractivity contribution in [3.8, 4) is 0 Å². The summed E-state index contributed by atoms with van der Waals surface area (Å²) in [4.78, 5) is 0. The molecule has 4 heteroatoms. The minimum atomic E-state index is -0.745. The number of rotatable bonds is 3. The normalized spacial score (nSPS) is 17.3. The summed E-state index contributed by atoms with van der Waals surface area (Å²) in [5, 5.41) is 1.35. The van der Waals surface area contributed by atoms with E-state index in [1.54, 1.807) is 0 Å². The molecule has 20 heavy (non-hydrogen) atoms. The van der Waals surface area contributed by atoms with E-state index in [9.17, 15) is 0 Å². The van der Waals surface area contributed by atoms with E-state index in [-0.39, 0.29) is 0 Å². The van der Waals surface area contributed by atoms with Crippen LogP contribution in [0.1, 0.15) is 25.0 Å². The van der Waals surface area contributed by atoms with E-state index in [2.05, 4.69) is 0 Å². The van der Waals surface area contributed by atoms with E-state index in [4.69, 9.17) is 34.7 Å². The standard InChI is InChI=1S/C16H18Cl2N2/c1-15(19,11-3-7-13(17)8-4-11)16(2,20)12-5-9-14(18)10-6-12/h3-10H,19-20H2,1-2H3/t15-,16+. The van der Waals surface area contributed by atoms with Gasteiger partial charge in [-0.25, -0.2) is 0 Å². The minimum absolute atomic E-state index is 0.676. The lowest BCUT2D eigenvalue weighted by atomic mass is 9.72. The Morgan fingerprint density at radius 2 is 0.900 bits per heavy atom. The number of hydrogen-bond donors (Lipinski definition) is 2. The first-order valence-corrected chi connectivity index (χ1v) is 7.10. The van der Waals surface area contributed by atoms with Gasteiger partial charge in [-0.1, -0.05) is 47.5 Å². The predicted octanol–water partition coefficient (Wildman–Crippen LogP) is 4.04. The maximum Gasteiger partial charge on any atom is 0.0603 e. The summed E-state index contributed by atoms with van der Waals surface area (Å²) in [7, 11) is 0. The van der Waals surface area contributed by atoms with E-state index in [0.717, 1.165) is 11.1 Å². The summed E-state index contributed by atoms with van der Waals surface area (Å²) in [5.74, 6) is 0. The van der Waals surface area contributed by atoms with E-state index in [1.165, 1.54) is 0 Å². The Bertz CT molecular complexity index is 531. The molecule has 0 aliphatic rings. The molecule has 0 aliphatic carbocycles. The summed E-state index contributed by atoms with van der Waals surface area (Å²) in [6.45, 7) is 3.84. The molecule has 0 bridgehead atoms. The number of hydrogen-bond acceptors (Lipinski definition) is 2. The summed E-state index contributed by atoms with van der Waals surface area (Å²) >= 11 is 11.8. The van der Waals surface area contributed by atoms with Gasteiger partial charge in [0.05, 0.1) is 11.1 Å². The summed E-state index contributed by atoms with van der Waals surface area (Å²) < 4.78 is 0. The van der Waals surface area contributed by atoms with Crippen LogP contribution in [-0.2, 0) is 11.1 Å². The molecular weight excluding hydrogens is 291 g/mol. The highest BCUT2D eigenvalue weighted by molar-refractivity contribution is 6.30. The first-order valence-electron chi connectivity index (χ1n) is 6.35. The molecule has 106 valence electrons. The third-order valence-electron chi connectivity index (χ3n) is 3.97. The largest absolute Gasteiger partial charge is 0.320 e. The van der Waals surface area contributed by atoms with Gasteiger partial charge in [0.1, 0.15) is 0 Å². The van der Waals surface area contributed by atoms with Gasteiger partial charge in [-0.3, -0.25) is 0 Å². The van der Waals surface area contributed by atoms with Crippen LogP contribution in [0.4, 0.5) is 0 Å². The van der Waals surface area contributed by atoms with Gasteiger partial charge < -0.3 is 11.5 Å². The topological polar surface area (TPSA) is 52.0 Å². The minimum Gasteiger partial charge on any atom is -0.320 e. The van der Waals surface area contributed by atoms with Gasteiger partial charge in [0, 0.05) is 10.0 Å². The molecule has 0 heterocycles. The van der Waals surface area contributed by atoms with Crippen LogP contribution >= 0.6 is 23.2 Å². The van der Waals surface area contributed by atoms with E-state index in [0.29, 0.717) is 10.0 Å². The molecule has 2 atom stereocenters. The molecule has 2 rings (SSSR count). The zero-order chi connectivity index (χ0) is 15.0. The summed E-state index contributed by atoms with van der Waals surface area (Å²) in [6, 6.07) is 14.9. The Morgan fingerprint density at radius 3 is 1.15 bits per heavy atom. The number of halogens is 2. The first kappa shape index (κ1) is 15.3. The molecule has 2 nitrogen and oxygen atoms in total. The third-order valence-corrected chi connectivity index (χ3v) is 4.47. The van der Waals surface area contributed by atoms with Crippen LogP contribution in [0, 0.1) is 0 Å². The average Bonchev–Trinajstić information content (AvgIpc) is 2.39. The van der Waals surface area contributed by atoms with Crippen LogP contribution in [0.2, 0.25) is 10.0 Å². The van der Waals surface area contributed by atoms with Crippen molar-refractivity contribution in [3.63, 3.8) is 0 Å². The fourth-order valence-corrected chi connectivity index (χ4v) is 2.44. The molecule has 0 spiro atoms. The number of nitrogens with two attached hydrogens (primary N) is 2. The van der Waals surface area contributed by atoms with Gasteiger partial charge in [-0.2, -0.15) is 0 Å². The number of benzene rings is 2. The van der Waals surface area contributed by atoms with Crippen LogP contribution in [0.5, 0.6) is 0 Å². The zero-order valence-electron chi connectivity index (χ0n) is 11.5. The van der Waals surface area contributed by atoms with E-state index < -0.39 is 11.1 Å². The summed E-state index contributed by atoms with van der Waals surface area (Å²) in [6.07, 6.45) is 0. The molecule has 0 aromatic heterocycles. The van der Waals surface area contributed by atoms with E-state index >= 15 is 0 Å². The Morgan fingerprint density at radius 1 is 0.650 bits per heavy atom. The Labute approximate surface area is 129 Å². The van der Waals surface area contributed by atoms with Crippen molar-refractivity contribution < 1.29 is 0 Å². The lowest BCUT2D eigenvalue weighted by Gasteiger charge is -2.42. The van der Waals surface area contributed by atoms with Crippen molar-refractivity contribution in [1.29, 1.82) is 0 Å². The Kier molecular flexibility index (Phi) is 4.12. The lowest BCUT2D eigenvalue weighted by molar-refractivity contribution is 0.268. The zero-order valence-corrected chi connectivity index (χ0v) is 13.0.